The lowest BCUT2D eigenvalue weighted by Crippen LogP contribution is -2.45. The maximum atomic E-state index is 12.6. The maximum absolute atomic E-state index is 12.6. The van der Waals surface area contributed by atoms with E-state index in [-0.39, 0.29) is 17.7 Å². The zero-order valence-corrected chi connectivity index (χ0v) is 16.3. The number of ketones is 1. The number of amides is 2. The molecule has 1 N–H and O–H groups in total. The molecular weight excluding hydrogens is 356 g/mol. The van der Waals surface area contributed by atoms with E-state index in [9.17, 15) is 9.59 Å². The first-order valence-electron chi connectivity index (χ1n) is 9.46. The molecule has 0 aromatic heterocycles. The van der Waals surface area contributed by atoms with Gasteiger partial charge in [-0.2, -0.15) is 0 Å². The number of rotatable bonds is 6. The molecule has 148 valence electrons. The van der Waals surface area contributed by atoms with Crippen LogP contribution in [0.15, 0.2) is 48.5 Å². The van der Waals surface area contributed by atoms with Crippen molar-refractivity contribution in [2.45, 2.75) is 19.4 Å². The van der Waals surface area contributed by atoms with Crippen LogP contribution in [0.3, 0.4) is 0 Å². The molecule has 0 radical (unpaired) electrons. The second-order valence-corrected chi connectivity index (χ2v) is 6.80. The summed E-state index contributed by atoms with van der Waals surface area (Å²) in [5.74, 6) is 1.40. The molecule has 1 fully saturated rings. The summed E-state index contributed by atoms with van der Waals surface area (Å²) < 4.78 is 10.7. The van der Waals surface area contributed by atoms with E-state index < -0.39 is 0 Å². The molecule has 6 heteroatoms. The first-order chi connectivity index (χ1) is 13.6. The van der Waals surface area contributed by atoms with Gasteiger partial charge in [0.2, 0.25) is 0 Å². The van der Waals surface area contributed by atoms with Crippen LogP contribution in [0.1, 0.15) is 28.8 Å². The van der Waals surface area contributed by atoms with Gasteiger partial charge in [-0.25, -0.2) is 4.79 Å². The number of piperidine rings is 1. The molecule has 28 heavy (non-hydrogen) atoms. The SMILES string of the molecule is COc1cccc(CNC(=O)N2CCC(C(=O)c3ccccc3)CC2)c1OC. The van der Waals surface area contributed by atoms with E-state index in [0.29, 0.717) is 44.0 Å². The highest BCUT2D eigenvalue weighted by Crippen LogP contribution is 2.30. The molecule has 6 nitrogen and oxygen atoms in total. The minimum absolute atomic E-state index is 0.0232. The van der Waals surface area contributed by atoms with Gasteiger partial charge in [0, 0.05) is 36.7 Å². The summed E-state index contributed by atoms with van der Waals surface area (Å²) in [4.78, 5) is 26.9. The molecule has 2 amide bonds. The first-order valence-corrected chi connectivity index (χ1v) is 9.46. The van der Waals surface area contributed by atoms with Gasteiger partial charge >= 0.3 is 6.03 Å². The molecule has 0 saturated carbocycles. The summed E-state index contributed by atoms with van der Waals surface area (Å²) in [5.41, 5.74) is 1.60. The van der Waals surface area contributed by atoms with Crippen LogP contribution in [0.25, 0.3) is 0 Å². The zero-order chi connectivity index (χ0) is 19.9. The van der Waals surface area contributed by atoms with Gasteiger partial charge < -0.3 is 19.7 Å². The van der Waals surface area contributed by atoms with Gasteiger partial charge in [0.25, 0.3) is 0 Å². The van der Waals surface area contributed by atoms with Crippen molar-refractivity contribution in [2.24, 2.45) is 5.92 Å². The normalized spacial score (nSPS) is 14.4. The standard InChI is InChI=1S/C22H26N2O4/c1-27-19-10-6-9-18(21(19)28-2)15-23-22(26)24-13-11-17(12-14-24)20(25)16-7-4-3-5-8-16/h3-10,17H,11-15H2,1-2H3,(H,23,26). The van der Waals surface area contributed by atoms with Crippen molar-refractivity contribution in [2.75, 3.05) is 27.3 Å². The fraction of sp³-hybridized carbons (Fsp3) is 0.364. The van der Waals surface area contributed by atoms with Crippen molar-refractivity contribution in [1.82, 2.24) is 10.2 Å². The number of urea groups is 1. The third-order valence-electron chi connectivity index (χ3n) is 5.13. The Labute approximate surface area is 165 Å². The smallest absolute Gasteiger partial charge is 0.317 e. The maximum Gasteiger partial charge on any atom is 0.317 e. The average Bonchev–Trinajstić information content (AvgIpc) is 2.77. The Morgan fingerprint density at radius 1 is 1.00 bits per heavy atom. The molecule has 0 bridgehead atoms. The quantitative estimate of drug-likeness (QED) is 0.777. The fourth-order valence-electron chi connectivity index (χ4n) is 3.56. The second kappa shape index (κ2) is 9.26. The Bertz CT molecular complexity index is 815. The van der Waals surface area contributed by atoms with Gasteiger partial charge in [-0.05, 0) is 18.9 Å². The number of methoxy groups -OCH3 is 2. The Morgan fingerprint density at radius 3 is 2.36 bits per heavy atom. The molecule has 1 aliphatic heterocycles. The van der Waals surface area contributed by atoms with Crippen LogP contribution in [0.4, 0.5) is 4.79 Å². The van der Waals surface area contributed by atoms with Crippen LogP contribution in [-0.4, -0.2) is 44.0 Å². The number of Topliss-reactive ketones (excluding diaryl/α,β-unsaturated/α-hetero) is 1. The number of carbonyl (C=O) groups is 2. The van der Waals surface area contributed by atoms with Crippen LogP contribution in [-0.2, 0) is 6.54 Å². The molecular formula is C22H26N2O4. The largest absolute Gasteiger partial charge is 0.493 e. The minimum atomic E-state index is -0.129. The van der Waals surface area contributed by atoms with E-state index >= 15 is 0 Å². The number of ether oxygens (including phenoxy) is 2. The summed E-state index contributed by atoms with van der Waals surface area (Å²) >= 11 is 0. The molecule has 0 unspecified atom stereocenters. The number of likely N-dealkylation sites (tertiary alicyclic amines) is 1. The predicted molar refractivity (Wildman–Crippen MR) is 107 cm³/mol. The van der Waals surface area contributed by atoms with Crippen LogP contribution >= 0.6 is 0 Å². The summed E-state index contributed by atoms with van der Waals surface area (Å²) in [6, 6.07) is 14.8. The van der Waals surface area contributed by atoms with Gasteiger partial charge in [-0.15, -0.1) is 0 Å². The highest BCUT2D eigenvalue weighted by atomic mass is 16.5. The Morgan fingerprint density at radius 2 is 1.71 bits per heavy atom. The first kappa shape index (κ1) is 19.7. The van der Waals surface area contributed by atoms with Crippen LogP contribution < -0.4 is 14.8 Å². The van der Waals surface area contributed by atoms with Gasteiger partial charge in [0.15, 0.2) is 17.3 Å². The number of hydrogen-bond donors (Lipinski definition) is 1. The summed E-state index contributed by atoms with van der Waals surface area (Å²) in [6.45, 7) is 1.50. The average molecular weight is 382 g/mol. The van der Waals surface area contributed by atoms with Crippen molar-refractivity contribution in [3.8, 4) is 11.5 Å². The Kier molecular flexibility index (Phi) is 6.53. The fourth-order valence-corrected chi connectivity index (χ4v) is 3.56. The van der Waals surface area contributed by atoms with E-state index in [4.69, 9.17) is 9.47 Å². The number of benzene rings is 2. The number of nitrogens with zero attached hydrogens (tertiary/aromatic N) is 1. The molecule has 0 aliphatic carbocycles. The molecule has 2 aromatic carbocycles. The molecule has 1 aliphatic rings. The lowest BCUT2D eigenvalue weighted by molar-refractivity contribution is 0.0854. The van der Waals surface area contributed by atoms with Gasteiger partial charge in [-0.3, -0.25) is 4.79 Å². The summed E-state index contributed by atoms with van der Waals surface area (Å²) in [6.07, 6.45) is 1.37. The topological polar surface area (TPSA) is 67.9 Å². The van der Waals surface area contributed by atoms with Crippen molar-refractivity contribution < 1.29 is 19.1 Å². The van der Waals surface area contributed by atoms with Crippen molar-refractivity contribution >= 4 is 11.8 Å². The predicted octanol–water partition coefficient (Wildman–Crippen LogP) is 3.51. The van der Waals surface area contributed by atoms with E-state index in [0.717, 1.165) is 11.1 Å². The number of para-hydroxylation sites is 1. The molecule has 1 saturated heterocycles. The molecule has 3 rings (SSSR count). The number of carbonyl (C=O) groups excluding carboxylic acids is 2. The van der Waals surface area contributed by atoms with Gasteiger partial charge in [0.05, 0.1) is 14.2 Å². The lowest BCUT2D eigenvalue weighted by atomic mass is 9.89. The van der Waals surface area contributed by atoms with E-state index in [1.54, 1.807) is 19.1 Å². The second-order valence-electron chi connectivity index (χ2n) is 6.80. The van der Waals surface area contributed by atoms with Crippen molar-refractivity contribution in [1.29, 1.82) is 0 Å². The zero-order valence-electron chi connectivity index (χ0n) is 16.3. The Balaban J connectivity index is 1.53. The molecule has 2 aromatic rings. The molecule has 1 heterocycles. The monoisotopic (exact) mass is 382 g/mol. The van der Waals surface area contributed by atoms with Crippen molar-refractivity contribution in [3.05, 3.63) is 59.7 Å². The van der Waals surface area contributed by atoms with Gasteiger partial charge in [-0.1, -0.05) is 42.5 Å². The van der Waals surface area contributed by atoms with Crippen LogP contribution in [0.5, 0.6) is 11.5 Å². The van der Waals surface area contributed by atoms with Crippen LogP contribution in [0.2, 0.25) is 0 Å². The summed E-state index contributed by atoms with van der Waals surface area (Å²) in [7, 11) is 3.17. The number of hydrogen-bond acceptors (Lipinski definition) is 4. The van der Waals surface area contributed by atoms with Crippen molar-refractivity contribution in [3.63, 3.8) is 0 Å². The molecule has 0 atom stereocenters. The third-order valence-corrected chi connectivity index (χ3v) is 5.13. The van der Waals surface area contributed by atoms with Crippen LogP contribution in [0, 0.1) is 5.92 Å². The molecule has 0 spiro atoms. The third kappa shape index (κ3) is 4.44. The minimum Gasteiger partial charge on any atom is -0.493 e. The highest BCUT2D eigenvalue weighted by Gasteiger charge is 2.27. The van der Waals surface area contributed by atoms with E-state index in [2.05, 4.69) is 5.32 Å². The number of nitrogens with one attached hydrogen (secondary N) is 1. The van der Waals surface area contributed by atoms with Gasteiger partial charge in [0.1, 0.15) is 0 Å². The summed E-state index contributed by atoms with van der Waals surface area (Å²) in [5, 5.41) is 2.94. The van der Waals surface area contributed by atoms with E-state index in [1.165, 1.54) is 0 Å². The lowest BCUT2D eigenvalue weighted by Gasteiger charge is -2.31. The highest BCUT2D eigenvalue weighted by molar-refractivity contribution is 5.98. The van der Waals surface area contributed by atoms with E-state index in [1.807, 2.05) is 48.5 Å². The Hall–Kier alpha value is -3.02.